The summed E-state index contributed by atoms with van der Waals surface area (Å²) in [6, 6.07) is 9.01. The van der Waals surface area contributed by atoms with Crippen LogP contribution in [0, 0.1) is 6.92 Å². The first-order valence-electron chi connectivity index (χ1n) is 6.68. The summed E-state index contributed by atoms with van der Waals surface area (Å²) >= 11 is 0. The normalized spacial score (nSPS) is 10.1. The number of rotatable bonds is 6. The number of nitrogens with two attached hydrogens (primary N) is 1. The number of nitrogens with zero attached hydrogens (tertiary/aromatic N) is 1. The number of hydrogen-bond acceptors (Lipinski definition) is 5. The fourth-order valence-corrected chi connectivity index (χ4v) is 1.79. The monoisotopic (exact) mass is 286 g/mol. The summed E-state index contributed by atoms with van der Waals surface area (Å²) in [7, 11) is 0. The second kappa shape index (κ2) is 7.28. The fourth-order valence-electron chi connectivity index (χ4n) is 1.79. The van der Waals surface area contributed by atoms with Crippen molar-refractivity contribution in [2.24, 2.45) is 0 Å². The van der Waals surface area contributed by atoms with E-state index in [-0.39, 0.29) is 25.6 Å². The molecular weight excluding hydrogens is 268 g/mol. The molecule has 0 saturated heterocycles. The summed E-state index contributed by atoms with van der Waals surface area (Å²) in [5, 5.41) is 0. The molecule has 0 unspecified atom stereocenters. The Morgan fingerprint density at radius 2 is 2.14 bits per heavy atom. The molecule has 2 rings (SSSR count). The second-order valence-corrected chi connectivity index (χ2v) is 4.70. The van der Waals surface area contributed by atoms with Crippen LogP contribution in [0.15, 0.2) is 42.7 Å². The average molecular weight is 286 g/mol. The van der Waals surface area contributed by atoms with Crippen LogP contribution in [0.2, 0.25) is 0 Å². The topological polar surface area (TPSA) is 74.4 Å². The minimum atomic E-state index is -0.305. The highest BCUT2D eigenvalue weighted by atomic mass is 16.5. The molecule has 0 bridgehead atoms. The second-order valence-electron chi connectivity index (χ2n) is 4.70. The van der Waals surface area contributed by atoms with Crippen molar-refractivity contribution in [2.45, 2.75) is 20.0 Å². The Morgan fingerprint density at radius 1 is 1.29 bits per heavy atom. The largest absolute Gasteiger partial charge is 0.493 e. The number of hydrogen-bond donors (Lipinski definition) is 1. The van der Waals surface area contributed by atoms with E-state index < -0.39 is 0 Å². The van der Waals surface area contributed by atoms with Crippen molar-refractivity contribution in [3.63, 3.8) is 0 Å². The predicted molar refractivity (Wildman–Crippen MR) is 79.7 cm³/mol. The van der Waals surface area contributed by atoms with Gasteiger partial charge >= 0.3 is 5.97 Å². The Bertz CT molecular complexity index is 614. The lowest BCUT2D eigenvalue weighted by atomic mass is 10.2. The molecule has 2 N–H and O–H groups in total. The van der Waals surface area contributed by atoms with Gasteiger partial charge in [-0.05, 0) is 30.7 Å². The van der Waals surface area contributed by atoms with Crippen molar-refractivity contribution in [3.05, 3.63) is 53.9 Å². The van der Waals surface area contributed by atoms with Crippen LogP contribution in [0.3, 0.4) is 0 Å². The first-order chi connectivity index (χ1) is 10.1. The zero-order valence-electron chi connectivity index (χ0n) is 11.9. The maximum atomic E-state index is 11.6. The highest BCUT2D eigenvalue weighted by Gasteiger charge is 2.05. The van der Waals surface area contributed by atoms with Crippen molar-refractivity contribution in [1.82, 2.24) is 4.98 Å². The molecule has 1 aromatic carbocycles. The number of aromatic nitrogens is 1. The molecule has 0 fully saturated rings. The van der Waals surface area contributed by atoms with E-state index in [1.54, 1.807) is 36.7 Å². The van der Waals surface area contributed by atoms with Crippen LogP contribution in [0.25, 0.3) is 0 Å². The zero-order chi connectivity index (χ0) is 15.1. The number of nitrogen functional groups attached to an aromatic ring is 1. The molecular formula is C16H18N2O3. The molecule has 2 aromatic rings. The molecule has 0 amide bonds. The Labute approximate surface area is 123 Å². The van der Waals surface area contributed by atoms with Crippen LogP contribution in [-0.4, -0.2) is 17.6 Å². The molecule has 1 aromatic heterocycles. The van der Waals surface area contributed by atoms with E-state index in [9.17, 15) is 4.79 Å². The highest BCUT2D eigenvalue weighted by molar-refractivity contribution is 5.69. The molecule has 21 heavy (non-hydrogen) atoms. The standard InChI is InChI=1S/C16H18N2O3/c1-12-7-13(10-18-9-12)11-21-16(19)5-6-20-15-4-2-3-14(17)8-15/h2-4,7-10H,5-6,11,17H2,1H3. The van der Waals surface area contributed by atoms with Gasteiger partial charge in [-0.15, -0.1) is 0 Å². The van der Waals surface area contributed by atoms with Crippen LogP contribution in [-0.2, 0) is 16.1 Å². The van der Waals surface area contributed by atoms with Crippen molar-refractivity contribution in [1.29, 1.82) is 0 Å². The van der Waals surface area contributed by atoms with Crippen LogP contribution in [0.5, 0.6) is 5.75 Å². The van der Waals surface area contributed by atoms with Crippen molar-refractivity contribution in [3.8, 4) is 5.75 Å². The first-order valence-corrected chi connectivity index (χ1v) is 6.68. The molecule has 0 spiro atoms. The van der Waals surface area contributed by atoms with Gasteiger partial charge in [-0.2, -0.15) is 0 Å². The summed E-state index contributed by atoms with van der Waals surface area (Å²) in [4.78, 5) is 15.7. The lowest BCUT2D eigenvalue weighted by Crippen LogP contribution is -2.10. The third-order valence-electron chi connectivity index (χ3n) is 2.76. The summed E-state index contributed by atoms with van der Waals surface area (Å²) in [6.07, 6.45) is 3.63. The van der Waals surface area contributed by atoms with E-state index in [2.05, 4.69) is 4.98 Å². The van der Waals surface area contributed by atoms with Gasteiger partial charge in [0.1, 0.15) is 12.4 Å². The number of carbonyl (C=O) groups is 1. The number of esters is 1. The molecule has 110 valence electrons. The van der Waals surface area contributed by atoms with Crippen LogP contribution >= 0.6 is 0 Å². The van der Waals surface area contributed by atoms with Crippen molar-refractivity contribution in [2.75, 3.05) is 12.3 Å². The number of pyridine rings is 1. The van der Waals surface area contributed by atoms with Gasteiger partial charge < -0.3 is 15.2 Å². The van der Waals surface area contributed by atoms with Gasteiger partial charge in [0.25, 0.3) is 0 Å². The quantitative estimate of drug-likeness (QED) is 0.652. The van der Waals surface area contributed by atoms with Crippen LogP contribution < -0.4 is 10.5 Å². The molecule has 5 heteroatoms. The summed E-state index contributed by atoms with van der Waals surface area (Å²) in [5.74, 6) is 0.339. The van der Waals surface area contributed by atoms with E-state index in [1.807, 2.05) is 13.0 Å². The van der Waals surface area contributed by atoms with Crippen LogP contribution in [0.1, 0.15) is 17.5 Å². The molecule has 0 atom stereocenters. The highest BCUT2D eigenvalue weighted by Crippen LogP contribution is 2.14. The Hall–Kier alpha value is -2.56. The summed E-state index contributed by atoms with van der Waals surface area (Å²) in [6.45, 7) is 2.43. The Balaban J connectivity index is 1.70. The SMILES string of the molecule is Cc1cncc(COC(=O)CCOc2cccc(N)c2)c1. The Kier molecular flexibility index (Phi) is 5.15. The number of ether oxygens (including phenoxy) is 2. The summed E-state index contributed by atoms with van der Waals surface area (Å²) in [5.41, 5.74) is 8.17. The van der Waals surface area contributed by atoms with E-state index in [0.29, 0.717) is 11.4 Å². The van der Waals surface area contributed by atoms with Gasteiger partial charge in [0.15, 0.2) is 0 Å². The average Bonchev–Trinajstić information content (AvgIpc) is 2.45. The predicted octanol–water partition coefficient (Wildman–Crippen LogP) is 2.48. The third kappa shape index (κ3) is 5.14. The first kappa shape index (κ1) is 14.8. The van der Waals surface area contributed by atoms with Gasteiger partial charge in [0.2, 0.25) is 0 Å². The molecule has 0 aliphatic carbocycles. The van der Waals surface area contributed by atoms with Crippen molar-refractivity contribution >= 4 is 11.7 Å². The lowest BCUT2D eigenvalue weighted by molar-refractivity contribution is -0.145. The minimum Gasteiger partial charge on any atom is -0.493 e. The number of anilines is 1. The van der Waals surface area contributed by atoms with E-state index in [4.69, 9.17) is 15.2 Å². The Morgan fingerprint density at radius 3 is 2.90 bits per heavy atom. The smallest absolute Gasteiger partial charge is 0.309 e. The van der Waals surface area contributed by atoms with Gasteiger partial charge in [-0.25, -0.2) is 0 Å². The van der Waals surface area contributed by atoms with Crippen molar-refractivity contribution < 1.29 is 14.3 Å². The fraction of sp³-hybridized carbons (Fsp3) is 0.250. The van der Waals surface area contributed by atoms with E-state index in [1.165, 1.54) is 0 Å². The van der Waals surface area contributed by atoms with E-state index >= 15 is 0 Å². The lowest BCUT2D eigenvalue weighted by Gasteiger charge is -2.07. The van der Waals surface area contributed by atoms with E-state index in [0.717, 1.165) is 11.1 Å². The molecule has 0 saturated carbocycles. The molecule has 0 radical (unpaired) electrons. The molecule has 1 heterocycles. The molecule has 0 aliphatic heterocycles. The maximum absolute atomic E-state index is 11.6. The van der Waals surface area contributed by atoms with Gasteiger partial charge in [0, 0.05) is 29.7 Å². The third-order valence-corrected chi connectivity index (χ3v) is 2.76. The van der Waals surface area contributed by atoms with Gasteiger partial charge in [-0.3, -0.25) is 9.78 Å². The van der Waals surface area contributed by atoms with Gasteiger partial charge in [0.05, 0.1) is 13.0 Å². The van der Waals surface area contributed by atoms with Crippen LogP contribution in [0.4, 0.5) is 5.69 Å². The van der Waals surface area contributed by atoms with Gasteiger partial charge in [-0.1, -0.05) is 6.07 Å². The number of benzene rings is 1. The maximum Gasteiger partial charge on any atom is 0.309 e. The zero-order valence-corrected chi connectivity index (χ0v) is 11.9. The molecule has 0 aliphatic rings. The molecule has 5 nitrogen and oxygen atoms in total. The summed E-state index contributed by atoms with van der Waals surface area (Å²) < 4.78 is 10.6. The number of carbonyl (C=O) groups excluding carboxylic acids is 1. The number of aryl methyl sites for hydroxylation is 1. The minimum absolute atomic E-state index is 0.189.